The molecule has 0 heterocycles. The fourth-order valence-electron chi connectivity index (χ4n) is 1.94. The van der Waals surface area contributed by atoms with Crippen LogP contribution in [-0.4, -0.2) is 55.3 Å². The number of anilines is 1. The van der Waals surface area contributed by atoms with Crippen LogP contribution in [0, 0.1) is 3.57 Å². The van der Waals surface area contributed by atoms with Crippen molar-refractivity contribution < 1.29 is 19.2 Å². The molecule has 0 spiro atoms. The second-order valence-electron chi connectivity index (χ2n) is 5.85. The number of hydrogen-bond acceptors (Lipinski definition) is 2. The third kappa shape index (κ3) is 7.28. The van der Waals surface area contributed by atoms with Crippen LogP contribution >= 0.6 is 22.6 Å². The number of carboxylic acid groups (broad SMARTS) is 1. The van der Waals surface area contributed by atoms with Gasteiger partial charge in [0.05, 0.1) is 45.8 Å². The van der Waals surface area contributed by atoms with Crippen LogP contribution in [-0.2, 0) is 4.79 Å². The minimum absolute atomic E-state index is 0.102. The Morgan fingerprint density at radius 2 is 1.90 bits per heavy atom. The molecule has 0 aliphatic heterocycles. The van der Waals surface area contributed by atoms with E-state index in [0.29, 0.717) is 16.7 Å². The summed E-state index contributed by atoms with van der Waals surface area (Å²) in [6, 6.07) is 6.58. The van der Waals surface area contributed by atoms with E-state index in [1.807, 2.05) is 39.3 Å². The molecule has 0 bridgehead atoms. The van der Waals surface area contributed by atoms with Crippen molar-refractivity contribution in [1.82, 2.24) is 5.32 Å². The number of benzene rings is 1. The minimum Gasteiger partial charge on any atom is -0.481 e. The van der Waals surface area contributed by atoms with Crippen molar-refractivity contribution in [2.75, 3.05) is 33.0 Å². The van der Waals surface area contributed by atoms with E-state index < -0.39 is 12.0 Å². The molecule has 2 amide bonds. The van der Waals surface area contributed by atoms with Crippen molar-refractivity contribution in [3.63, 3.8) is 0 Å². The monoisotopic (exact) mass is 406 g/mol. The van der Waals surface area contributed by atoms with Crippen LogP contribution < -0.4 is 10.6 Å². The largest absolute Gasteiger partial charge is 0.481 e. The molecule has 0 saturated heterocycles. The van der Waals surface area contributed by atoms with Crippen molar-refractivity contribution in [3.8, 4) is 0 Å². The highest BCUT2D eigenvalue weighted by atomic mass is 127. The normalized spacial score (nSPS) is 12.6. The highest BCUT2D eigenvalue weighted by molar-refractivity contribution is 14.1. The highest BCUT2D eigenvalue weighted by Gasteiger charge is 2.23. The summed E-state index contributed by atoms with van der Waals surface area (Å²) in [5.41, 5.74) is 0.704. The lowest BCUT2D eigenvalue weighted by molar-refractivity contribution is -0.871. The molecule has 3 N–H and O–H groups in total. The van der Waals surface area contributed by atoms with Gasteiger partial charge in [0.15, 0.2) is 0 Å². The molecule has 1 atom stereocenters. The Morgan fingerprint density at radius 3 is 2.43 bits per heavy atom. The maximum Gasteiger partial charge on any atom is 0.319 e. The molecule has 0 aliphatic carbocycles. The van der Waals surface area contributed by atoms with Gasteiger partial charge in [0, 0.05) is 3.57 Å². The molecule has 1 aromatic carbocycles. The van der Waals surface area contributed by atoms with Gasteiger partial charge < -0.3 is 20.2 Å². The quantitative estimate of drug-likeness (QED) is 0.499. The van der Waals surface area contributed by atoms with E-state index in [1.54, 1.807) is 6.07 Å². The zero-order valence-electron chi connectivity index (χ0n) is 12.4. The van der Waals surface area contributed by atoms with Crippen molar-refractivity contribution in [2.45, 2.75) is 12.5 Å². The summed E-state index contributed by atoms with van der Waals surface area (Å²) in [7, 11) is 5.86. The number of aliphatic carboxylic acids is 1. The summed E-state index contributed by atoms with van der Waals surface area (Å²) in [5.74, 6) is -0.928. The van der Waals surface area contributed by atoms with Crippen LogP contribution in [0.3, 0.4) is 0 Å². The van der Waals surface area contributed by atoms with Gasteiger partial charge in [0.25, 0.3) is 0 Å². The smallest absolute Gasteiger partial charge is 0.319 e. The van der Waals surface area contributed by atoms with Gasteiger partial charge in [-0.05, 0) is 34.7 Å². The van der Waals surface area contributed by atoms with E-state index in [1.165, 1.54) is 0 Å². The van der Waals surface area contributed by atoms with Crippen molar-refractivity contribution in [3.05, 3.63) is 27.8 Å². The number of carboxylic acids is 1. The van der Waals surface area contributed by atoms with Crippen LogP contribution in [0.2, 0.25) is 0 Å². The Bertz CT molecular complexity index is 514. The fourth-order valence-corrected chi connectivity index (χ4v) is 2.46. The van der Waals surface area contributed by atoms with Crippen LogP contribution in [0.25, 0.3) is 0 Å². The lowest BCUT2D eigenvalue weighted by Crippen LogP contribution is -2.50. The first-order chi connectivity index (χ1) is 9.67. The standard InChI is InChI=1S/C14H20IN3O3/c1-18(2,3)9-10(8-13(19)20)16-14(21)17-12-7-5-4-6-11(12)15/h4-7,10H,8-9H2,1-3H3,(H2-,16,17,19,20,21)/p+1. The zero-order valence-corrected chi connectivity index (χ0v) is 14.5. The van der Waals surface area contributed by atoms with Gasteiger partial charge >= 0.3 is 12.0 Å². The van der Waals surface area contributed by atoms with Gasteiger partial charge in [-0.3, -0.25) is 4.79 Å². The van der Waals surface area contributed by atoms with Gasteiger partial charge in [-0.1, -0.05) is 12.1 Å². The molecule has 6 nitrogen and oxygen atoms in total. The minimum atomic E-state index is -0.928. The van der Waals surface area contributed by atoms with Gasteiger partial charge in [0.1, 0.15) is 0 Å². The lowest BCUT2D eigenvalue weighted by Gasteiger charge is -2.29. The molecular formula is C14H21IN3O3+. The van der Waals surface area contributed by atoms with Crippen LogP contribution in [0.1, 0.15) is 6.42 Å². The number of likely N-dealkylation sites (N-methyl/N-ethyl adjacent to an activating group) is 1. The number of nitrogens with zero attached hydrogens (tertiary/aromatic N) is 1. The first kappa shape index (κ1) is 17.7. The Labute approximate surface area is 138 Å². The van der Waals surface area contributed by atoms with Crippen LogP contribution in [0.5, 0.6) is 0 Å². The number of halogens is 1. The van der Waals surface area contributed by atoms with Crippen molar-refractivity contribution in [1.29, 1.82) is 0 Å². The maximum absolute atomic E-state index is 12.0. The number of rotatable bonds is 6. The zero-order chi connectivity index (χ0) is 16.0. The first-order valence-electron chi connectivity index (χ1n) is 6.51. The van der Waals surface area contributed by atoms with E-state index in [2.05, 4.69) is 33.2 Å². The summed E-state index contributed by atoms with van der Waals surface area (Å²) >= 11 is 2.13. The Balaban J connectivity index is 2.67. The second-order valence-corrected chi connectivity index (χ2v) is 7.01. The van der Waals surface area contributed by atoms with E-state index in [-0.39, 0.29) is 12.5 Å². The number of carbonyl (C=O) groups is 2. The van der Waals surface area contributed by atoms with E-state index >= 15 is 0 Å². The topological polar surface area (TPSA) is 78.4 Å². The van der Waals surface area contributed by atoms with E-state index in [9.17, 15) is 9.59 Å². The Kier molecular flexibility index (Phi) is 6.41. The number of amides is 2. The predicted molar refractivity (Wildman–Crippen MR) is 90.3 cm³/mol. The van der Waals surface area contributed by atoms with E-state index in [0.717, 1.165) is 3.57 Å². The van der Waals surface area contributed by atoms with Gasteiger partial charge in [-0.15, -0.1) is 0 Å². The molecule has 1 aromatic rings. The maximum atomic E-state index is 12.0. The Morgan fingerprint density at radius 1 is 1.29 bits per heavy atom. The molecule has 0 saturated carbocycles. The number of carbonyl (C=O) groups excluding carboxylic acids is 1. The summed E-state index contributed by atoms with van der Waals surface area (Å²) in [6.45, 7) is 0.533. The SMILES string of the molecule is C[N+](C)(C)CC(CC(=O)O)NC(=O)Nc1ccccc1I. The molecule has 1 rings (SSSR count). The molecule has 0 fully saturated rings. The molecule has 116 valence electrons. The second kappa shape index (κ2) is 7.60. The number of para-hydroxylation sites is 1. The summed E-state index contributed by atoms with van der Waals surface area (Å²) < 4.78 is 1.49. The molecule has 0 radical (unpaired) electrons. The molecule has 0 aromatic heterocycles. The van der Waals surface area contributed by atoms with Gasteiger partial charge in [0.2, 0.25) is 0 Å². The third-order valence-electron chi connectivity index (χ3n) is 2.65. The molecule has 21 heavy (non-hydrogen) atoms. The summed E-state index contributed by atoms with van der Waals surface area (Å²) in [6.07, 6.45) is -0.102. The number of quaternary nitrogens is 1. The summed E-state index contributed by atoms with van der Waals surface area (Å²) in [4.78, 5) is 22.9. The molecule has 0 aliphatic rings. The van der Waals surface area contributed by atoms with Gasteiger partial charge in [-0.25, -0.2) is 4.79 Å². The van der Waals surface area contributed by atoms with Crippen LogP contribution in [0.4, 0.5) is 10.5 Å². The highest BCUT2D eigenvalue weighted by Crippen LogP contribution is 2.16. The molecule has 7 heteroatoms. The molecule has 1 unspecified atom stereocenters. The number of hydrogen-bond donors (Lipinski definition) is 3. The van der Waals surface area contributed by atoms with Crippen molar-refractivity contribution in [2.24, 2.45) is 0 Å². The average Bonchev–Trinajstić information content (AvgIpc) is 2.28. The molecular weight excluding hydrogens is 385 g/mol. The van der Waals surface area contributed by atoms with E-state index in [4.69, 9.17) is 5.11 Å². The fraction of sp³-hybridized carbons (Fsp3) is 0.429. The summed E-state index contributed by atoms with van der Waals surface area (Å²) in [5, 5.41) is 14.4. The number of nitrogens with one attached hydrogen (secondary N) is 2. The van der Waals surface area contributed by atoms with Crippen molar-refractivity contribution >= 4 is 40.3 Å². The first-order valence-corrected chi connectivity index (χ1v) is 7.59. The lowest BCUT2D eigenvalue weighted by atomic mass is 10.2. The number of urea groups is 1. The third-order valence-corrected chi connectivity index (χ3v) is 3.59. The van der Waals surface area contributed by atoms with Crippen LogP contribution in [0.15, 0.2) is 24.3 Å². The average molecular weight is 406 g/mol. The Hall–Kier alpha value is -1.35. The predicted octanol–water partition coefficient (Wildman–Crippen LogP) is 1.96. The van der Waals surface area contributed by atoms with Gasteiger partial charge in [-0.2, -0.15) is 0 Å².